The maximum atomic E-state index is 11.0. The van der Waals surface area contributed by atoms with Gasteiger partial charge >= 0.3 is 28.4 Å². The first-order chi connectivity index (χ1) is 28.7. The standard InChI is InChI=1S/C34H52N2.2C8H8O4.Ni/c1-7-13-19-33(35-31-23-21-27(15-9-3)29(25-31)17-11-5)34(20-14-8-2)36-32-24-22-28(16-10-4)30(26-32)18-12-6;2*1-4-2-3-5(9)7(10)6(4)8(11)12;/h21-26H,7-20H2,1-6H3;2*2-3,9-10H,1H3,(H,11,12);/q;;;+2/p-2. The number of aromatic carboxylic acids is 2. The van der Waals surface area contributed by atoms with Crippen molar-refractivity contribution in [1.29, 1.82) is 0 Å². The van der Waals surface area contributed by atoms with Gasteiger partial charge in [0.2, 0.25) is 0 Å². The van der Waals surface area contributed by atoms with Gasteiger partial charge in [0.1, 0.15) is 11.5 Å². The van der Waals surface area contributed by atoms with Gasteiger partial charge in [0.25, 0.3) is 0 Å². The summed E-state index contributed by atoms with van der Waals surface area (Å²) in [4.78, 5) is 31.5. The summed E-state index contributed by atoms with van der Waals surface area (Å²) in [5.41, 5.74) is 10.5. The molecule has 0 heterocycles. The summed E-state index contributed by atoms with van der Waals surface area (Å²) in [5, 5.41) is 56.9. The fraction of sp³-hybridized carbons (Fsp3) is 0.440. The molecule has 61 heavy (non-hydrogen) atoms. The zero-order valence-corrected chi connectivity index (χ0v) is 38.3. The number of aromatic hydroxyl groups is 2. The normalized spacial score (nSPS) is 11.1. The van der Waals surface area contributed by atoms with Crippen LogP contribution in [0.5, 0.6) is 23.0 Å². The molecule has 0 saturated carbocycles. The van der Waals surface area contributed by atoms with E-state index < -0.39 is 34.9 Å². The topological polar surface area (TPSA) is 186 Å². The molecule has 0 amide bonds. The molecule has 0 radical (unpaired) electrons. The van der Waals surface area contributed by atoms with Crippen LogP contribution in [0.15, 0.2) is 70.6 Å². The zero-order valence-electron chi connectivity index (χ0n) is 37.3. The molecule has 4 aromatic carbocycles. The van der Waals surface area contributed by atoms with Crippen LogP contribution < -0.4 is 10.2 Å². The number of benzene rings is 4. The number of phenols is 2. The van der Waals surface area contributed by atoms with Crippen molar-refractivity contribution in [3.8, 4) is 23.0 Å². The molecule has 0 unspecified atom stereocenters. The van der Waals surface area contributed by atoms with Crippen LogP contribution in [0.25, 0.3) is 0 Å². The number of aryl methyl sites for hydroxylation is 6. The first kappa shape index (κ1) is 53.9. The van der Waals surface area contributed by atoms with Gasteiger partial charge in [0.15, 0.2) is 0 Å². The first-order valence-corrected chi connectivity index (χ1v) is 21.5. The van der Waals surface area contributed by atoms with E-state index in [1.165, 1.54) is 110 Å². The predicted octanol–water partition coefficient (Wildman–Crippen LogP) is 11.7. The van der Waals surface area contributed by atoms with E-state index in [0.717, 1.165) is 62.7 Å². The van der Waals surface area contributed by atoms with Crippen LogP contribution in [0.4, 0.5) is 11.4 Å². The Kier molecular flexibility index (Phi) is 25.1. The first-order valence-electron chi connectivity index (χ1n) is 21.5. The molecule has 4 rings (SSSR count). The smallest absolute Gasteiger partial charge is 0.869 e. The molecule has 0 spiro atoms. The number of hydrogen-bond acceptors (Lipinski definition) is 8. The number of carboxylic acid groups (broad SMARTS) is 2. The molecule has 0 aliphatic carbocycles. The largest absolute Gasteiger partial charge is 2.00 e. The van der Waals surface area contributed by atoms with Crippen molar-refractivity contribution in [2.45, 2.75) is 145 Å². The van der Waals surface area contributed by atoms with Gasteiger partial charge in [-0.1, -0.05) is 116 Å². The molecular weight excluding hydrogens is 815 g/mol. The third-order valence-corrected chi connectivity index (χ3v) is 9.97. The Labute approximate surface area is 373 Å². The summed E-state index contributed by atoms with van der Waals surface area (Å²) in [6.45, 7) is 16.6. The Balaban J connectivity index is 0.000000601. The zero-order chi connectivity index (χ0) is 44.8. The minimum absolute atomic E-state index is 0. The van der Waals surface area contributed by atoms with Crippen LogP contribution in [-0.2, 0) is 42.2 Å². The third kappa shape index (κ3) is 17.0. The van der Waals surface area contributed by atoms with Crippen LogP contribution in [0.3, 0.4) is 0 Å². The molecule has 4 N–H and O–H groups in total. The number of carboxylic acids is 2. The van der Waals surface area contributed by atoms with Crippen LogP contribution in [0.2, 0.25) is 0 Å². The molecule has 0 atom stereocenters. The van der Waals surface area contributed by atoms with E-state index in [1.54, 1.807) is 0 Å². The van der Waals surface area contributed by atoms with Crippen LogP contribution in [0.1, 0.15) is 160 Å². The number of aliphatic imine (C=N–C) groups is 2. The quantitative estimate of drug-likeness (QED) is 0.0529. The van der Waals surface area contributed by atoms with E-state index in [9.17, 15) is 19.8 Å². The van der Waals surface area contributed by atoms with Crippen molar-refractivity contribution in [3.05, 3.63) is 105 Å². The van der Waals surface area contributed by atoms with E-state index in [2.05, 4.69) is 77.9 Å². The number of nitrogens with zero attached hydrogens (tertiary/aromatic N) is 2. The summed E-state index contributed by atoms with van der Waals surface area (Å²) in [7, 11) is 0. The van der Waals surface area contributed by atoms with Crippen molar-refractivity contribution in [2.75, 3.05) is 0 Å². The van der Waals surface area contributed by atoms with Crippen molar-refractivity contribution >= 4 is 34.7 Å². The fourth-order valence-electron chi connectivity index (χ4n) is 6.80. The van der Waals surface area contributed by atoms with E-state index >= 15 is 0 Å². The molecule has 4 aromatic rings. The Morgan fingerprint density at radius 2 is 0.836 bits per heavy atom. The van der Waals surface area contributed by atoms with Gasteiger partial charge in [-0.3, -0.25) is 9.98 Å². The maximum Gasteiger partial charge on any atom is 2.00 e. The second-order valence-electron chi connectivity index (χ2n) is 15.1. The van der Waals surface area contributed by atoms with E-state index in [0.29, 0.717) is 11.1 Å². The van der Waals surface area contributed by atoms with Crippen LogP contribution >= 0.6 is 0 Å². The van der Waals surface area contributed by atoms with Crippen LogP contribution in [0, 0.1) is 13.8 Å². The van der Waals surface area contributed by atoms with Gasteiger partial charge in [-0.2, -0.15) is 0 Å². The molecule has 0 bridgehead atoms. The summed E-state index contributed by atoms with van der Waals surface area (Å²) < 4.78 is 0. The molecule has 10 nitrogen and oxygen atoms in total. The second kappa shape index (κ2) is 28.4. The minimum Gasteiger partial charge on any atom is -0.869 e. The molecule has 11 heteroatoms. The molecule has 0 fully saturated rings. The predicted molar refractivity (Wildman–Crippen MR) is 241 cm³/mol. The Bertz CT molecular complexity index is 1930. The third-order valence-electron chi connectivity index (χ3n) is 9.97. The van der Waals surface area contributed by atoms with Gasteiger partial charge in [-0.15, -0.1) is 0 Å². The molecule has 0 saturated heterocycles. The number of rotatable bonds is 19. The Morgan fingerprint density at radius 1 is 0.508 bits per heavy atom. The molecule has 0 aromatic heterocycles. The Morgan fingerprint density at radius 3 is 1.11 bits per heavy atom. The SMILES string of the molecule is CCCCC(=Nc1ccc(CCC)c(CCC)c1)C(CCCC)=Nc1ccc(CCC)c(CCC)c1.Cc1ccc(O)c([O-])c1C(=O)O.Cc1ccc(O)c([O-])c1C(=O)O.[Ni+2]. The van der Waals surface area contributed by atoms with Gasteiger partial charge in [-0.25, -0.2) is 9.59 Å². The Hall–Kier alpha value is -5.15. The number of hydrogen-bond donors (Lipinski definition) is 4. The monoisotopic (exact) mass is 880 g/mol. The van der Waals surface area contributed by atoms with Crippen LogP contribution in [-0.4, -0.2) is 43.8 Å². The maximum absolute atomic E-state index is 11.0. The van der Waals surface area contributed by atoms with Crippen molar-refractivity contribution in [2.24, 2.45) is 9.98 Å². The van der Waals surface area contributed by atoms with Gasteiger partial charge in [-0.05, 0) is 135 Å². The van der Waals surface area contributed by atoms with E-state index in [4.69, 9.17) is 30.4 Å². The average molecular weight is 882 g/mol. The minimum atomic E-state index is -1.31. The van der Waals surface area contributed by atoms with Crippen molar-refractivity contribution < 1.29 is 56.7 Å². The van der Waals surface area contributed by atoms with Crippen molar-refractivity contribution in [3.63, 3.8) is 0 Å². The van der Waals surface area contributed by atoms with Gasteiger partial charge in [0.05, 0.1) is 33.9 Å². The fourth-order valence-corrected chi connectivity index (χ4v) is 6.80. The number of carbonyl (C=O) groups is 2. The van der Waals surface area contributed by atoms with E-state index in [-0.39, 0.29) is 27.6 Å². The van der Waals surface area contributed by atoms with E-state index in [1.807, 2.05) is 0 Å². The van der Waals surface area contributed by atoms with Gasteiger partial charge in [0, 0.05) is 0 Å². The summed E-state index contributed by atoms with van der Waals surface area (Å²) in [6, 6.07) is 18.9. The number of phenolic OH excluding ortho intramolecular Hbond substituents is 2. The average Bonchev–Trinajstić information content (AvgIpc) is 3.20. The summed E-state index contributed by atoms with van der Waals surface area (Å²) in [5.74, 6) is -5.34. The number of unbranched alkanes of at least 4 members (excludes halogenated alkanes) is 2. The molecule has 0 aliphatic rings. The molecule has 0 aliphatic heterocycles. The summed E-state index contributed by atoms with van der Waals surface area (Å²) >= 11 is 0. The van der Waals surface area contributed by atoms with Crippen molar-refractivity contribution in [1.82, 2.24) is 0 Å². The second-order valence-corrected chi connectivity index (χ2v) is 15.1. The van der Waals surface area contributed by atoms with Gasteiger partial charge < -0.3 is 30.6 Å². The molecule has 334 valence electrons. The summed E-state index contributed by atoms with van der Waals surface area (Å²) in [6.07, 6.45) is 15.9. The molecular formula is C50H66N2NiO8.